The molecule has 0 radical (unpaired) electrons. The molecule has 200 valence electrons. The molecule has 3 aliphatic rings. The van der Waals surface area contributed by atoms with Gasteiger partial charge in [0.1, 0.15) is 0 Å². The highest BCUT2D eigenvalue weighted by atomic mass is 19.4. The molecule has 0 aromatic rings. The van der Waals surface area contributed by atoms with Crippen molar-refractivity contribution in [3.8, 4) is 0 Å². The van der Waals surface area contributed by atoms with E-state index >= 15 is 0 Å². The molecule has 3 rings (SSSR count). The first kappa shape index (κ1) is 28.3. The van der Waals surface area contributed by atoms with E-state index in [9.17, 15) is 41.7 Å². The zero-order valence-electron chi connectivity index (χ0n) is 20.2. The number of halogens is 6. The Balaban J connectivity index is 1.72. The summed E-state index contributed by atoms with van der Waals surface area (Å²) in [5.74, 6) is 0.273. The number of hydrogen-bond acceptors (Lipinski definition) is 3. The summed E-state index contributed by atoms with van der Waals surface area (Å²) in [5.41, 5.74) is -2.66. The minimum atomic E-state index is -5.85. The molecule has 3 saturated carbocycles. The van der Waals surface area contributed by atoms with Crippen molar-refractivity contribution in [1.82, 2.24) is 0 Å². The fraction of sp³-hybridized carbons (Fsp3) is 0.769. The maximum absolute atomic E-state index is 12.9. The Bertz CT molecular complexity index is 817. The first-order valence-electron chi connectivity index (χ1n) is 12.4. The van der Waals surface area contributed by atoms with Crippen LogP contribution in [0.3, 0.4) is 0 Å². The maximum atomic E-state index is 12.9. The second kappa shape index (κ2) is 10.2. The van der Waals surface area contributed by atoms with Crippen molar-refractivity contribution < 1.29 is 41.7 Å². The summed E-state index contributed by atoms with van der Waals surface area (Å²) >= 11 is 0. The average Bonchev–Trinajstić information content (AvgIpc) is 3.07. The molecule has 0 bridgehead atoms. The fourth-order valence-electron chi connectivity index (χ4n) is 6.71. The van der Waals surface area contributed by atoms with Gasteiger partial charge in [-0.05, 0) is 87.0 Å². The highest BCUT2D eigenvalue weighted by Crippen LogP contribution is 2.60. The maximum Gasteiger partial charge on any atom is 0.429 e. The van der Waals surface area contributed by atoms with Crippen LogP contribution in [-0.4, -0.2) is 45.5 Å². The third-order valence-corrected chi connectivity index (χ3v) is 8.53. The SMILES string of the molecule is C[C@H](C/C=C/C(O)(C(F)(F)F)C(F)(F)F)C1CCC2/C(=C/C=C3C[C@@H](O)C[C@H](O)C3)CCC[C@@]21C. The number of alkyl halides is 6. The monoisotopic (exact) mass is 510 g/mol. The molecule has 0 heterocycles. The quantitative estimate of drug-likeness (QED) is 0.296. The topological polar surface area (TPSA) is 60.7 Å². The highest BCUT2D eigenvalue weighted by Gasteiger charge is 2.69. The van der Waals surface area contributed by atoms with E-state index in [2.05, 4.69) is 13.0 Å². The largest absolute Gasteiger partial charge is 0.429 e. The minimum Gasteiger partial charge on any atom is -0.393 e. The van der Waals surface area contributed by atoms with Crippen LogP contribution in [0.1, 0.15) is 71.6 Å². The first-order valence-corrected chi connectivity index (χ1v) is 12.4. The molecule has 0 aliphatic heterocycles. The van der Waals surface area contributed by atoms with Crippen LogP contribution in [0.4, 0.5) is 26.3 Å². The molecule has 9 heteroatoms. The van der Waals surface area contributed by atoms with E-state index in [1.807, 2.05) is 13.0 Å². The summed E-state index contributed by atoms with van der Waals surface area (Å²) in [4.78, 5) is 0. The van der Waals surface area contributed by atoms with Crippen LogP contribution < -0.4 is 0 Å². The Morgan fingerprint density at radius 3 is 2.17 bits per heavy atom. The van der Waals surface area contributed by atoms with Gasteiger partial charge in [0.25, 0.3) is 5.60 Å². The van der Waals surface area contributed by atoms with E-state index in [0.717, 1.165) is 43.8 Å². The second-order valence-corrected chi connectivity index (χ2v) is 11.0. The lowest BCUT2D eigenvalue weighted by molar-refractivity contribution is -0.347. The fourth-order valence-corrected chi connectivity index (χ4v) is 6.71. The van der Waals surface area contributed by atoms with Crippen LogP contribution in [-0.2, 0) is 0 Å². The molecule has 0 spiro atoms. The predicted molar refractivity (Wildman–Crippen MR) is 120 cm³/mol. The van der Waals surface area contributed by atoms with Crippen molar-refractivity contribution in [2.24, 2.45) is 23.2 Å². The van der Waals surface area contributed by atoms with Gasteiger partial charge in [-0.1, -0.05) is 43.2 Å². The zero-order valence-corrected chi connectivity index (χ0v) is 20.2. The number of allylic oxidation sites excluding steroid dienone is 4. The molecule has 3 fully saturated rings. The number of aliphatic hydroxyl groups excluding tert-OH is 2. The van der Waals surface area contributed by atoms with Gasteiger partial charge in [0.2, 0.25) is 0 Å². The average molecular weight is 511 g/mol. The van der Waals surface area contributed by atoms with Crippen molar-refractivity contribution >= 4 is 0 Å². The summed E-state index contributed by atoms with van der Waals surface area (Å²) in [6.07, 6.45) is -1.97. The summed E-state index contributed by atoms with van der Waals surface area (Å²) in [5, 5.41) is 29.2. The highest BCUT2D eigenvalue weighted by molar-refractivity contribution is 5.26. The third-order valence-electron chi connectivity index (χ3n) is 8.53. The van der Waals surface area contributed by atoms with Crippen molar-refractivity contribution in [3.63, 3.8) is 0 Å². The molecular weight excluding hydrogens is 474 g/mol. The number of aliphatic hydroxyl groups is 3. The van der Waals surface area contributed by atoms with E-state index in [0.29, 0.717) is 19.3 Å². The first-order chi connectivity index (χ1) is 16.1. The van der Waals surface area contributed by atoms with Crippen molar-refractivity contribution in [3.05, 3.63) is 35.5 Å². The Morgan fingerprint density at radius 2 is 1.60 bits per heavy atom. The van der Waals surface area contributed by atoms with Crippen molar-refractivity contribution in [1.29, 1.82) is 0 Å². The Morgan fingerprint density at radius 1 is 1.00 bits per heavy atom. The molecule has 0 aromatic heterocycles. The minimum absolute atomic E-state index is 0.0142. The second-order valence-electron chi connectivity index (χ2n) is 11.0. The van der Waals surface area contributed by atoms with Gasteiger partial charge in [0, 0.05) is 0 Å². The summed E-state index contributed by atoms with van der Waals surface area (Å²) in [6, 6.07) is 0. The van der Waals surface area contributed by atoms with Gasteiger partial charge in [-0.2, -0.15) is 26.3 Å². The third kappa shape index (κ3) is 5.82. The summed E-state index contributed by atoms with van der Waals surface area (Å²) in [6.45, 7) is 4.03. The van der Waals surface area contributed by atoms with E-state index < -0.39 is 30.2 Å². The Kier molecular flexibility index (Phi) is 8.24. The van der Waals surface area contributed by atoms with E-state index in [-0.39, 0.29) is 35.7 Å². The number of rotatable bonds is 5. The molecule has 0 aromatic carbocycles. The number of hydrogen-bond donors (Lipinski definition) is 3. The molecule has 2 unspecified atom stereocenters. The lowest BCUT2D eigenvalue weighted by atomic mass is 9.61. The molecule has 3 N–H and O–H groups in total. The Hall–Kier alpha value is -1.32. The van der Waals surface area contributed by atoms with Crippen LogP contribution in [0.2, 0.25) is 0 Å². The smallest absolute Gasteiger partial charge is 0.393 e. The van der Waals surface area contributed by atoms with Crippen LogP contribution in [0, 0.1) is 23.2 Å². The van der Waals surface area contributed by atoms with Gasteiger partial charge < -0.3 is 15.3 Å². The van der Waals surface area contributed by atoms with Crippen molar-refractivity contribution in [2.45, 2.75) is 102 Å². The van der Waals surface area contributed by atoms with Crippen molar-refractivity contribution in [2.75, 3.05) is 0 Å². The van der Waals surface area contributed by atoms with E-state index in [4.69, 9.17) is 0 Å². The van der Waals surface area contributed by atoms with Gasteiger partial charge in [-0.25, -0.2) is 0 Å². The van der Waals surface area contributed by atoms with E-state index in [1.165, 1.54) is 5.57 Å². The molecule has 6 atom stereocenters. The van der Waals surface area contributed by atoms with Gasteiger partial charge in [-0.3, -0.25) is 0 Å². The lowest BCUT2D eigenvalue weighted by Gasteiger charge is -2.44. The molecule has 35 heavy (non-hydrogen) atoms. The zero-order chi connectivity index (χ0) is 26.2. The predicted octanol–water partition coefficient (Wildman–Crippen LogP) is 6.40. The molecule has 3 aliphatic carbocycles. The van der Waals surface area contributed by atoms with Crippen LogP contribution in [0.5, 0.6) is 0 Å². The summed E-state index contributed by atoms with van der Waals surface area (Å²) in [7, 11) is 0. The van der Waals surface area contributed by atoms with E-state index in [1.54, 1.807) is 0 Å². The van der Waals surface area contributed by atoms with Gasteiger partial charge >= 0.3 is 12.4 Å². The normalized spacial score (nSPS) is 34.9. The van der Waals surface area contributed by atoms with Gasteiger partial charge in [0.05, 0.1) is 12.2 Å². The molecule has 0 saturated heterocycles. The van der Waals surface area contributed by atoms with Gasteiger partial charge in [-0.15, -0.1) is 0 Å². The van der Waals surface area contributed by atoms with Crippen LogP contribution in [0.25, 0.3) is 0 Å². The lowest BCUT2D eigenvalue weighted by Crippen LogP contribution is -2.55. The standard InChI is InChI=1S/C26H36F6O3/c1-16(5-3-12-24(35,25(27,28)29)26(30,31)32)21-9-10-22-18(6-4-11-23(21,22)2)8-7-17-13-19(33)15-20(34)14-17/h3,7-8,12,16,19-22,33-35H,4-6,9-11,13-15H2,1-2H3/b12-3+,18-8+/t16-,19-,20-,21?,22?,23-/m1/s1. The molecule has 3 nitrogen and oxygen atoms in total. The van der Waals surface area contributed by atoms with Gasteiger partial charge in [0.15, 0.2) is 0 Å². The number of fused-ring (bicyclic) bond motifs is 1. The summed E-state index contributed by atoms with van der Waals surface area (Å²) < 4.78 is 77.6. The van der Waals surface area contributed by atoms with Crippen LogP contribution >= 0.6 is 0 Å². The van der Waals surface area contributed by atoms with Crippen LogP contribution in [0.15, 0.2) is 35.5 Å². The molecular formula is C26H36F6O3. The molecule has 0 amide bonds. The Labute approximate surface area is 202 Å².